The molecule has 6 nitrogen and oxygen atoms in total. The summed E-state index contributed by atoms with van der Waals surface area (Å²) < 4.78 is 16.3. The molecular weight excluding hydrogens is 430 g/mol. The van der Waals surface area contributed by atoms with E-state index in [1.54, 1.807) is 31.2 Å². The standard InChI is InChI=1S/C25H22ClNO5/c1-5-10-32-24-17(26)11-14(12-18(24)30-3)20-19(25(29)31-4)13(2)27-22-15-8-6-7-9-16(15)23(28)21(20)22/h5-9,11-12,19-20H,1,10H2,2-4H3/t19?,20-/m0/s1. The summed E-state index contributed by atoms with van der Waals surface area (Å²) in [4.78, 5) is 30.9. The Morgan fingerprint density at radius 2 is 1.94 bits per heavy atom. The zero-order chi connectivity index (χ0) is 23.0. The van der Waals surface area contributed by atoms with Gasteiger partial charge in [0.15, 0.2) is 17.3 Å². The highest BCUT2D eigenvalue weighted by molar-refractivity contribution is 6.32. The minimum atomic E-state index is -0.780. The van der Waals surface area contributed by atoms with Gasteiger partial charge in [-0.3, -0.25) is 14.6 Å². The lowest BCUT2D eigenvalue weighted by molar-refractivity contribution is -0.143. The van der Waals surface area contributed by atoms with Gasteiger partial charge >= 0.3 is 5.97 Å². The van der Waals surface area contributed by atoms with E-state index in [2.05, 4.69) is 11.6 Å². The number of allylic oxidation sites excluding steroid dienone is 1. The maximum absolute atomic E-state index is 13.4. The van der Waals surface area contributed by atoms with Crippen molar-refractivity contribution >= 4 is 34.8 Å². The minimum Gasteiger partial charge on any atom is -0.493 e. The van der Waals surface area contributed by atoms with Crippen LogP contribution in [0.15, 0.2) is 59.6 Å². The number of benzene rings is 2. The van der Waals surface area contributed by atoms with E-state index in [0.29, 0.717) is 44.6 Å². The molecule has 1 aliphatic carbocycles. The first kappa shape index (κ1) is 21.8. The number of ether oxygens (including phenoxy) is 3. The highest BCUT2D eigenvalue weighted by Crippen LogP contribution is 2.50. The molecule has 4 rings (SSSR count). The van der Waals surface area contributed by atoms with Crippen molar-refractivity contribution in [2.75, 3.05) is 20.8 Å². The molecule has 2 aromatic carbocycles. The maximum atomic E-state index is 13.4. The molecule has 2 atom stereocenters. The minimum absolute atomic E-state index is 0.159. The molecule has 32 heavy (non-hydrogen) atoms. The van der Waals surface area contributed by atoms with Crippen LogP contribution in [-0.4, -0.2) is 38.3 Å². The first-order chi connectivity index (χ1) is 15.4. The Labute approximate surface area is 191 Å². The molecule has 1 unspecified atom stereocenters. The normalized spacial score (nSPS) is 19.1. The number of halogens is 1. The summed E-state index contributed by atoms with van der Waals surface area (Å²) in [5.41, 5.74) is 3.54. The van der Waals surface area contributed by atoms with Crippen LogP contribution in [0.25, 0.3) is 5.70 Å². The van der Waals surface area contributed by atoms with E-state index in [9.17, 15) is 9.59 Å². The molecule has 0 saturated heterocycles. The lowest BCUT2D eigenvalue weighted by Crippen LogP contribution is -2.34. The predicted molar refractivity (Wildman–Crippen MR) is 123 cm³/mol. The quantitative estimate of drug-likeness (QED) is 0.462. The van der Waals surface area contributed by atoms with Gasteiger partial charge in [0.05, 0.1) is 24.9 Å². The third-order valence-electron chi connectivity index (χ3n) is 5.72. The Kier molecular flexibility index (Phi) is 5.89. The van der Waals surface area contributed by atoms with Gasteiger partial charge in [-0.1, -0.05) is 48.5 Å². The van der Waals surface area contributed by atoms with Crippen LogP contribution in [0.4, 0.5) is 0 Å². The van der Waals surface area contributed by atoms with E-state index in [1.165, 1.54) is 14.2 Å². The largest absolute Gasteiger partial charge is 0.493 e. The molecule has 1 aliphatic heterocycles. The van der Waals surface area contributed by atoms with Crippen molar-refractivity contribution in [3.05, 3.63) is 76.3 Å². The van der Waals surface area contributed by atoms with Crippen LogP contribution in [0.5, 0.6) is 11.5 Å². The zero-order valence-electron chi connectivity index (χ0n) is 18.0. The van der Waals surface area contributed by atoms with Crippen LogP contribution in [0.2, 0.25) is 5.02 Å². The summed E-state index contributed by atoms with van der Waals surface area (Å²) in [5, 5.41) is 0.301. The van der Waals surface area contributed by atoms with Crippen molar-refractivity contribution in [1.82, 2.24) is 0 Å². The Bertz CT molecular complexity index is 1200. The van der Waals surface area contributed by atoms with E-state index in [-0.39, 0.29) is 12.4 Å². The topological polar surface area (TPSA) is 74.2 Å². The van der Waals surface area contributed by atoms with Gasteiger partial charge in [0.1, 0.15) is 12.5 Å². The number of nitrogens with zero attached hydrogens (tertiary/aromatic N) is 1. The average molecular weight is 452 g/mol. The highest BCUT2D eigenvalue weighted by Gasteiger charge is 2.46. The molecule has 2 aliphatic rings. The molecule has 7 heteroatoms. The number of ketones is 1. The van der Waals surface area contributed by atoms with Crippen LogP contribution in [0.1, 0.15) is 34.3 Å². The molecule has 164 valence electrons. The molecule has 0 amide bonds. The highest BCUT2D eigenvalue weighted by atomic mass is 35.5. The van der Waals surface area contributed by atoms with Gasteiger partial charge in [-0.25, -0.2) is 0 Å². The summed E-state index contributed by atoms with van der Waals surface area (Å²) in [6.45, 7) is 5.66. The van der Waals surface area contributed by atoms with Gasteiger partial charge in [0.2, 0.25) is 0 Å². The summed E-state index contributed by atoms with van der Waals surface area (Å²) in [7, 11) is 2.82. The summed E-state index contributed by atoms with van der Waals surface area (Å²) in [6.07, 6.45) is 1.60. The Hall–Kier alpha value is -3.38. The second-order valence-electron chi connectivity index (χ2n) is 7.50. The molecule has 0 radical (unpaired) electrons. The van der Waals surface area contributed by atoms with Crippen molar-refractivity contribution in [2.45, 2.75) is 12.8 Å². The maximum Gasteiger partial charge on any atom is 0.315 e. The molecule has 0 aromatic heterocycles. The number of hydrogen-bond donors (Lipinski definition) is 0. The Balaban J connectivity index is 1.93. The van der Waals surface area contributed by atoms with E-state index in [4.69, 9.17) is 25.8 Å². The fourth-order valence-corrected chi connectivity index (χ4v) is 4.62. The molecule has 0 N–H and O–H groups in total. The van der Waals surface area contributed by atoms with Crippen LogP contribution in [-0.2, 0) is 9.53 Å². The Morgan fingerprint density at radius 3 is 2.59 bits per heavy atom. The van der Waals surface area contributed by atoms with Crippen LogP contribution in [0, 0.1) is 5.92 Å². The SMILES string of the molecule is C=CCOc1c(Cl)cc([C@@H]2C3=C(N=C(C)C2C(=O)OC)c2ccccc2C3=O)cc1OC. The van der Waals surface area contributed by atoms with Gasteiger partial charge in [-0.05, 0) is 24.6 Å². The molecule has 1 heterocycles. The van der Waals surface area contributed by atoms with Gasteiger partial charge in [-0.15, -0.1) is 0 Å². The number of rotatable bonds is 6. The molecule has 0 spiro atoms. The number of fused-ring (bicyclic) bond motifs is 2. The number of hydrogen-bond acceptors (Lipinski definition) is 6. The second-order valence-corrected chi connectivity index (χ2v) is 7.91. The van der Waals surface area contributed by atoms with Crippen LogP contribution >= 0.6 is 11.6 Å². The van der Waals surface area contributed by atoms with Gasteiger partial charge < -0.3 is 14.2 Å². The number of aliphatic imine (C=N–C) groups is 1. The number of carbonyl (C=O) groups excluding carboxylic acids is 2. The van der Waals surface area contributed by atoms with Crippen molar-refractivity contribution in [1.29, 1.82) is 0 Å². The van der Waals surface area contributed by atoms with Crippen LogP contribution in [0.3, 0.4) is 0 Å². The predicted octanol–water partition coefficient (Wildman–Crippen LogP) is 4.87. The van der Waals surface area contributed by atoms with E-state index >= 15 is 0 Å². The average Bonchev–Trinajstić information content (AvgIpc) is 3.08. The monoisotopic (exact) mass is 451 g/mol. The molecular formula is C25H22ClNO5. The number of carbonyl (C=O) groups is 2. The Morgan fingerprint density at radius 1 is 1.22 bits per heavy atom. The van der Waals surface area contributed by atoms with Crippen molar-refractivity contribution in [3.63, 3.8) is 0 Å². The molecule has 2 aromatic rings. The van der Waals surface area contributed by atoms with Crippen molar-refractivity contribution < 1.29 is 23.8 Å². The summed E-state index contributed by atoms with van der Waals surface area (Å²) >= 11 is 6.55. The van der Waals surface area contributed by atoms with Gasteiger partial charge in [-0.2, -0.15) is 0 Å². The van der Waals surface area contributed by atoms with Gasteiger partial charge in [0.25, 0.3) is 0 Å². The van der Waals surface area contributed by atoms with Crippen molar-refractivity contribution in [3.8, 4) is 11.5 Å². The summed E-state index contributed by atoms with van der Waals surface area (Å²) in [5.74, 6) is -1.30. The smallest absolute Gasteiger partial charge is 0.315 e. The second kappa shape index (κ2) is 8.63. The van der Waals surface area contributed by atoms with Gasteiger partial charge in [0, 0.05) is 28.3 Å². The zero-order valence-corrected chi connectivity index (χ0v) is 18.7. The van der Waals surface area contributed by atoms with Crippen LogP contribution < -0.4 is 9.47 Å². The third-order valence-corrected chi connectivity index (χ3v) is 6.00. The summed E-state index contributed by atoms with van der Waals surface area (Å²) in [6, 6.07) is 10.7. The molecule has 0 saturated carbocycles. The first-order valence-corrected chi connectivity index (χ1v) is 10.4. The fourth-order valence-electron chi connectivity index (χ4n) is 4.34. The van der Waals surface area contributed by atoms with E-state index < -0.39 is 17.8 Å². The number of methoxy groups -OCH3 is 2. The van der Waals surface area contributed by atoms with Crippen molar-refractivity contribution in [2.24, 2.45) is 10.9 Å². The third kappa shape index (κ3) is 3.41. The lowest BCUT2D eigenvalue weighted by Gasteiger charge is -2.30. The number of Topliss-reactive ketones (excluding diaryl/α,β-unsaturated/α-hetero) is 1. The molecule has 0 fully saturated rings. The van der Waals surface area contributed by atoms with E-state index in [1.807, 2.05) is 18.2 Å². The van der Waals surface area contributed by atoms with E-state index in [0.717, 1.165) is 5.56 Å². The fraction of sp³-hybridized carbons (Fsp3) is 0.240. The first-order valence-electron chi connectivity index (χ1n) is 10.0. The number of esters is 1. The molecule has 0 bridgehead atoms. The lowest BCUT2D eigenvalue weighted by atomic mass is 9.75.